The van der Waals surface area contributed by atoms with Gasteiger partial charge in [0, 0.05) is 24.4 Å². The van der Waals surface area contributed by atoms with Gasteiger partial charge in [0.25, 0.3) is 0 Å². The monoisotopic (exact) mass is 431 g/mol. The Hall–Kier alpha value is -3.38. The highest BCUT2D eigenvalue weighted by atomic mass is 16.5. The fraction of sp³-hybridized carbons (Fsp3) is 0.308. The van der Waals surface area contributed by atoms with Crippen molar-refractivity contribution >= 4 is 11.1 Å². The molecule has 32 heavy (non-hydrogen) atoms. The zero-order valence-electron chi connectivity index (χ0n) is 18.4. The van der Waals surface area contributed by atoms with Crippen LogP contribution in [0.25, 0.3) is 22.6 Å². The Labute approximate surface area is 188 Å². The van der Waals surface area contributed by atoms with Crippen LogP contribution >= 0.6 is 0 Å². The number of benzene rings is 2. The number of rotatable bonds is 12. The molecule has 0 bridgehead atoms. The second kappa shape index (κ2) is 11.3. The topological polar surface area (TPSA) is 69.4 Å². The quantitative estimate of drug-likeness (QED) is 0.293. The highest BCUT2D eigenvalue weighted by Crippen LogP contribution is 2.28. The highest BCUT2D eigenvalue weighted by Gasteiger charge is 2.10. The first-order valence-corrected chi connectivity index (χ1v) is 11.2. The van der Waals surface area contributed by atoms with Crippen molar-refractivity contribution in [2.75, 3.05) is 19.8 Å². The Balaban J connectivity index is 1.27. The van der Waals surface area contributed by atoms with Gasteiger partial charge in [0.05, 0.1) is 18.9 Å². The molecule has 0 aliphatic rings. The summed E-state index contributed by atoms with van der Waals surface area (Å²) in [6.45, 7) is 5.14. The van der Waals surface area contributed by atoms with Crippen LogP contribution in [0.2, 0.25) is 0 Å². The number of nitrogens with zero attached hydrogens (tertiary/aromatic N) is 2. The van der Waals surface area contributed by atoms with Gasteiger partial charge >= 0.3 is 0 Å². The smallest absolute Gasteiger partial charge is 0.227 e. The summed E-state index contributed by atoms with van der Waals surface area (Å²) in [6, 6.07) is 19.5. The molecule has 4 aromatic rings. The van der Waals surface area contributed by atoms with E-state index >= 15 is 0 Å². The molecule has 2 aromatic heterocycles. The summed E-state index contributed by atoms with van der Waals surface area (Å²) < 4.78 is 17.6. The molecule has 6 nitrogen and oxygen atoms in total. The maximum atomic E-state index is 5.98. The lowest BCUT2D eigenvalue weighted by atomic mass is 10.2. The van der Waals surface area contributed by atoms with Crippen LogP contribution in [-0.4, -0.2) is 29.7 Å². The molecule has 0 radical (unpaired) electrons. The number of hydrogen-bond acceptors (Lipinski definition) is 6. The average Bonchev–Trinajstić information content (AvgIpc) is 3.26. The van der Waals surface area contributed by atoms with E-state index in [4.69, 9.17) is 13.9 Å². The fourth-order valence-electron chi connectivity index (χ4n) is 3.25. The number of nitrogens with one attached hydrogen (secondary N) is 1. The molecule has 0 saturated carbocycles. The van der Waals surface area contributed by atoms with Crippen LogP contribution in [0.15, 0.2) is 71.3 Å². The second-order valence-electron chi connectivity index (χ2n) is 7.57. The SMILES string of the molecule is CCCCOc1ccc(-c2nc3ccc(OCCCNCc4ccccn4)cc3o2)cc1. The molecule has 2 aromatic carbocycles. The molecule has 0 aliphatic heterocycles. The lowest BCUT2D eigenvalue weighted by Crippen LogP contribution is -2.17. The lowest BCUT2D eigenvalue weighted by molar-refractivity contribution is 0.308. The number of hydrogen-bond donors (Lipinski definition) is 1. The predicted molar refractivity (Wildman–Crippen MR) is 126 cm³/mol. The minimum absolute atomic E-state index is 0.593. The molecule has 0 amide bonds. The number of pyridine rings is 1. The second-order valence-corrected chi connectivity index (χ2v) is 7.57. The summed E-state index contributed by atoms with van der Waals surface area (Å²) in [4.78, 5) is 8.90. The number of oxazole rings is 1. The molecule has 0 saturated heterocycles. The van der Waals surface area contributed by atoms with E-state index in [0.717, 1.165) is 67.2 Å². The van der Waals surface area contributed by atoms with Gasteiger partial charge in [0.2, 0.25) is 5.89 Å². The third-order valence-corrected chi connectivity index (χ3v) is 5.03. The van der Waals surface area contributed by atoms with Crippen molar-refractivity contribution < 1.29 is 13.9 Å². The Morgan fingerprint density at radius 1 is 0.906 bits per heavy atom. The van der Waals surface area contributed by atoms with Crippen molar-refractivity contribution in [2.24, 2.45) is 0 Å². The van der Waals surface area contributed by atoms with E-state index in [9.17, 15) is 0 Å². The van der Waals surface area contributed by atoms with Gasteiger partial charge in [-0.25, -0.2) is 4.98 Å². The maximum Gasteiger partial charge on any atom is 0.227 e. The summed E-state index contributed by atoms with van der Waals surface area (Å²) in [6.07, 6.45) is 4.89. The van der Waals surface area contributed by atoms with Crippen molar-refractivity contribution in [1.82, 2.24) is 15.3 Å². The first-order valence-electron chi connectivity index (χ1n) is 11.2. The van der Waals surface area contributed by atoms with Crippen molar-refractivity contribution in [2.45, 2.75) is 32.7 Å². The molecule has 0 aliphatic carbocycles. The molecule has 0 unspecified atom stereocenters. The van der Waals surface area contributed by atoms with E-state index < -0.39 is 0 Å². The summed E-state index contributed by atoms with van der Waals surface area (Å²) in [5, 5.41) is 3.38. The van der Waals surface area contributed by atoms with Crippen LogP contribution in [0.4, 0.5) is 0 Å². The largest absolute Gasteiger partial charge is 0.494 e. The van der Waals surface area contributed by atoms with Crippen LogP contribution in [-0.2, 0) is 6.54 Å². The van der Waals surface area contributed by atoms with E-state index in [-0.39, 0.29) is 0 Å². The predicted octanol–water partition coefficient (Wildman–Crippen LogP) is 5.63. The first kappa shape index (κ1) is 21.8. The molecule has 0 spiro atoms. The summed E-state index contributed by atoms with van der Waals surface area (Å²) in [7, 11) is 0. The van der Waals surface area contributed by atoms with Gasteiger partial charge in [-0.05, 0) is 67.9 Å². The molecule has 4 rings (SSSR count). The molecule has 0 atom stereocenters. The molecular formula is C26H29N3O3. The average molecular weight is 432 g/mol. The van der Waals surface area contributed by atoms with Crippen LogP contribution in [0, 0.1) is 0 Å². The van der Waals surface area contributed by atoms with Gasteiger partial charge in [-0.1, -0.05) is 19.4 Å². The van der Waals surface area contributed by atoms with Gasteiger partial charge in [0.15, 0.2) is 5.58 Å². The standard InChI is InChI=1S/C26H29N3O3/c1-2-3-16-30-22-10-8-20(9-11-22)26-29-24-13-12-23(18-25(24)32-26)31-17-6-14-27-19-21-7-4-5-15-28-21/h4-5,7-13,15,18,27H,2-3,6,14,16-17,19H2,1H3. The van der Waals surface area contributed by atoms with Crippen LogP contribution in [0.1, 0.15) is 31.9 Å². The molecule has 1 N–H and O–H groups in total. The van der Waals surface area contributed by atoms with Gasteiger partial charge < -0.3 is 19.2 Å². The van der Waals surface area contributed by atoms with Crippen molar-refractivity contribution in [1.29, 1.82) is 0 Å². The number of unbranched alkanes of at least 4 members (excludes halogenated alkanes) is 1. The number of aromatic nitrogens is 2. The van der Waals surface area contributed by atoms with Crippen LogP contribution < -0.4 is 14.8 Å². The molecular weight excluding hydrogens is 402 g/mol. The third-order valence-electron chi connectivity index (χ3n) is 5.03. The summed E-state index contributed by atoms with van der Waals surface area (Å²) >= 11 is 0. The van der Waals surface area contributed by atoms with E-state index in [2.05, 4.69) is 22.2 Å². The van der Waals surface area contributed by atoms with E-state index in [1.54, 1.807) is 0 Å². The normalized spacial score (nSPS) is 11.0. The maximum absolute atomic E-state index is 5.98. The van der Waals surface area contributed by atoms with Crippen LogP contribution in [0.3, 0.4) is 0 Å². The fourth-order valence-corrected chi connectivity index (χ4v) is 3.25. The molecule has 0 fully saturated rings. The van der Waals surface area contributed by atoms with E-state index in [0.29, 0.717) is 18.1 Å². The van der Waals surface area contributed by atoms with Crippen molar-refractivity contribution in [3.8, 4) is 23.0 Å². The molecule has 2 heterocycles. The Bertz CT molecular complexity index is 1090. The zero-order valence-corrected chi connectivity index (χ0v) is 18.4. The minimum atomic E-state index is 0.593. The van der Waals surface area contributed by atoms with E-state index in [1.165, 1.54) is 0 Å². The number of fused-ring (bicyclic) bond motifs is 1. The Morgan fingerprint density at radius 3 is 2.53 bits per heavy atom. The van der Waals surface area contributed by atoms with Crippen molar-refractivity contribution in [3.05, 3.63) is 72.6 Å². The molecule has 6 heteroatoms. The van der Waals surface area contributed by atoms with Gasteiger partial charge in [-0.2, -0.15) is 0 Å². The summed E-state index contributed by atoms with van der Waals surface area (Å²) in [5.41, 5.74) is 3.49. The van der Waals surface area contributed by atoms with Gasteiger partial charge in [-0.15, -0.1) is 0 Å². The third kappa shape index (κ3) is 6.08. The number of ether oxygens (including phenoxy) is 2. The molecule has 166 valence electrons. The van der Waals surface area contributed by atoms with E-state index in [1.807, 2.05) is 66.9 Å². The minimum Gasteiger partial charge on any atom is -0.494 e. The highest BCUT2D eigenvalue weighted by molar-refractivity contribution is 5.77. The van der Waals surface area contributed by atoms with Gasteiger partial charge in [0.1, 0.15) is 17.0 Å². The summed E-state index contributed by atoms with van der Waals surface area (Å²) in [5.74, 6) is 2.24. The van der Waals surface area contributed by atoms with Crippen LogP contribution in [0.5, 0.6) is 11.5 Å². The van der Waals surface area contributed by atoms with Crippen molar-refractivity contribution in [3.63, 3.8) is 0 Å². The zero-order chi connectivity index (χ0) is 22.0. The van der Waals surface area contributed by atoms with Gasteiger partial charge in [-0.3, -0.25) is 4.98 Å². The Kier molecular flexibility index (Phi) is 7.71. The Morgan fingerprint density at radius 2 is 1.72 bits per heavy atom. The first-order chi connectivity index (χ1) is 15.8. The lowest BCUT2D eigenvalue weighted by Gasteiger charge is -2.07.